The van der Waals surface area contributed by atoms with E-state index in [2.05, 4.69) is 43.9 Å². The van der Waals surface area contributed by atoms with E-state index in [1.54, 1.807) is 12.1 Å². The van der Waals surface area contributed by atoms with Crippen molar-refractivity contribution in [2.45, 2.75) is 38.3 Å². The number of carbonyl (C=O) groups is 5. The molecule has 1 aliphatic rings. The molecule has 16 heteroatoms. The van der Waals surface area contributed by atoms with Crippen LogP contribution in [0, 0.1) is 0 Å². The van der Waals surface area contributed by atoms with Gasteiger partial charge in [0.05, 0.1) is 12.5 Å². The van der Waals surface area contributed by atoms with E-state index in [1.807, 2.05) is 0 Å². The normalized spacial score (nSPS) is 14.2. The molecule has 1 aliphatic heterocycles. The lowest BCUT2D eigenvalue weighted by atomic mass is 10.1. The highest BCUT2D eigenvalue weighted by Crippen LogP contribution is 2.20. The van der Waals surface area contributed by atoms with Crippen molar-refractivity contribution in [1.29, 1.82) is 0 Å². The second-order valence-corrected chi connectivity index (χ2v) is 8.92. The fraction of sp³-hybridized carbons (Fsp3) is 0.348. The number of fused-ring (bicyclic) bond motifs is 1. The van der Waals surface area contributed by atoms with Crippen molar-refractivity contribution >= 4 is 64.5 Å². The number of amides is 1. The molecule has 3 rings (SSSR count). The lowest BCUT2D eigenvalue weighted by Crippen LogP contribution is -2.41. The average molecular weight is 564 g/mol. The van der Waals surface area contributed by atoms with E-state index < -0.39 is 23.9 Å². The molecule has 39 heavy (non-hydrogen) atoms. The highest BCUT2D eigenvalue weighted by atomic mass is 32.1. The van der Waals surface area contributed by atoms with E-state index in [9.17, 15) is 28.8 Å². The van der Waals surface area contributed by atoms with Crippen LogP contribution in [-0.2, 0) is 19.2 Å². The number of H-pyrrole nitrogens is 1. The van der Waals surface area contributed by atoms with Gasteiger partial charge in [-0.25, -0.2) is 4.79 Å². The Labute approximate surface area is 227 Å². The maximum Gasteiger partial charge on any atom is 0.326 e. The molecule has 1 aromatic heterocycles. The second kappa shape index (κ2) is 14.4. The van der Waals surface area contributed by atoms with Gasteiger partial charge in [-0.15, -0.1) is 12.6 Å². The van der Waals surface area contributed by atoms with Crippen LogP contribution in [-0.4, -0.2) is 74.1 Å². The number of carboxylic acid groups (broad SMARTS) is 2. The lowest BCUT2D eigenvalue weighted by molar-refractivity contribution is -0.140. The van der Waals surface area contributed by atoms with Crippen LogP contribution in [0.4, 0.5) is 23.1 Å². The molecule has 0 bridgehead atoms. The number of nitrogen functional groups attached to an aromatic ring is 1. The number of nitrogens with zero attached hydrogens (tertiary/aromatic N) is 1. The Morgan fingerprint density at radius 1 is 1.18 bits per heavy atom. The van der Waals surface area contributed by atoms with Gasteiger partial charge in [0.25, 0.3) is 11.5 Å². The topological polar surface area (TPSA) is 246 Å². The van der Waals surface area contributed by atoms with Crippen LogP contribution in [0.5, 0.6) is 0 Å². The number of aromatic amines is 1. The molecule has 0 fully saturated rings. The highest BCUT2D eigenvalue weighted by molar-refractivity contribution is 7.96. The summed E-state index contributed by atoms with van der Waals surface area (Å²) in [5.41, 5.74) is 6.40. The molecule has 0 unspecified atom stereocenters. The van der Waals surface area contributed by atoms with Crippen molar-refractivity contribution in [2.75, 3.05) is 34.8 Å². The summed E-state index contributed by atoms with van der Waals surface area (Å²) >= 11 is 3.38. The third-order valence-electron chi connectivity index (χ3n) is 5.15. The highest BCUT2D eigenvalue weighted by Gasteiger charge is 2.23. The van der Waals surface area contributed by atoms with Gasteiger partial charge in [0.1, 0.15) is 17.5 Å². The first-order chi connectivity index (χ1) is 18.3. The summed E-state index contributed by atoms with van der Waals surface area (Å²) in [5.74, 6) is -2.78. The smallest absolute Gasteiger partial charge is 0.326 e. The first kappa shape index (κ1) is 30.6. The van der Waals surface area contributed by atoms with Gasteiger partial charge in [0.15, 0.2) is 10.9 Å². The number of thiol groups is 1. The number of aromatic nitrogens is 2. The Hall–Kier alpha value is -4.60. The van der Waals surface area contributed by atoms with Crippen molar-refractivity contribution in [1.82, 2.24) is 15.3 Å². The van der Waals surface area contributed by atoms with Crippen LogP contribution in [0.25, 0.3) is 0 Å². The monoisotopic (exact) mass is 563 g/mol. The fourth-order valence-corrected chi connectivity index (χ4v) is 3.53. The summed E-state index contributed by atoms with van der Waals surface area (Å²) in [4.78, 5) is 72.5. The van der Waals surface area contributed by atoms with E-state index >= 15 is 0 Å². The van der Waals surface area contributed by atoms with Gasteiger partial charge in [-0.05, 0) is 37.6 Å². The quantitative estimate of drug-likeness (QED) is 0.131. The molecule has 2 aromatic rings. The largest absolute Gasteiger partial charge is 0.481 e. The molecular weight excluding hydrogens is 534 g/mol. The zero-order valence-electron chi connectivity index (χ0n) is 20.8. The van der Waals surface area contributed by atoms with Crippen LogP contribution >= 0.6 is 12.6 Å². The summed E-state index contributed by atoms with van der Waals surface area (Å²) in [6.45, 7) is 2.31. The van der Waals surface area contributed by atoms with Crippen LogP contribution in [0.15, 0.2) is 29.1 Å². The minimum absolute atomic E-state index is 0.0281. The molecule has 1 aromatic carbocycles. The maximum absolute atomic E-state index is 12.3. The Bertz CT molecular complexity index is 1270. The number of rotatable bonds is 11. The molecule has 0 radical (unpaired) electrons. The summed E-state index contributed by atoms with van der Waals surface area (Å²) in [6.07, 6.45) is -0.639. The molecular formula is C23H29N7O8S. The van der Waals surface area contributed by atoms with E-state index in [0.29, 0.717) is 30.3 Å². The molecule has 210 valence electrons. The van der Waals surface area contributed by atoms with Gasteiger partial charge in [-0.2, -0.15) is 4.98 Å². The SMILES string of the molecule is CC(=O)CC(=O)S.Nc1nc2c(c(=O)[nH]1)N[C@H](CNc1ccc(C(=O)N[C@@H](CCC(=O)O)C(=O)O)cc1)CN2. The Kier molecular flexibility index (Phi) is 11.3. The van der Waals surface area contributed by atoms with E-state index in [-0.39, 0.29) is 53.3 Å². The Morgan fingerprint density at radius 3 is 2.38 bits per heavy atom. The van der Waals surface area contributed by atoms with Gasteiger partial charge in [0.2, 0.25) is 5.95 Å². The minimum Gasteiger partial charge on any atom is -0.481 e. The van der Waals surface area contributed by atoms with Crippen molar-refractivity contribution in [2.24, 2.45) is 0 Å². The molecule has 0 aliphatic carbocycles. The number of Topliss-reactive ketones (excluding diaryl/α,β-unsaturated/α-hetero) is 1. The molecule has 15 nitrogen and oxygen atoms in total. The average Bonchev–Trinajstić information content (AvgIpc) is 2.84. The number of carboxylic acids is 2. The van der Waals surface area contributed by atoms with E-state index in [0.717, 1.165) is 0 Å². The van der Waals surface area contributed by atoms with Gasteiger partial charge in [-0.3, -0.25) is 29.0 Å². The number of benzene rings is 1. The standard InChI is InChI=1S/C19H23N7O6.C4H6O2S/c20-19-25-15-14(17(30)26-19)23-11(8-22-15)7-21-10-3-1-9(2-4-10)16(29)24-12(18(31)32)5-6-13(27)28;1-3(5)2-4(6)7/h1-4,11-12,21,23H,5-8H2,(H,24,29)(H,27,28)(H,31,32)(H4,20,22,25,26,30);2H2,1H3,(H,6,7)/t11-,12+;/m1./s1. The van der Waals surface area contributed by atoms with Crippen molar-refractivity contribution < 1.29 is 34.2 Å². The number of hydrogen-bond donors (Lipinski definition) is 9. The number of ketones is 1. The van der Waals surface area contributed by atoms with Crippen LogP contribution < -0.4 is 32.6 Å². The molecule has 0 spiro atoms. The van der Waals surface area contributed by atoms with Crippen molar-refractivity contribution in [3.63, 3.8) is 0 Å². The predicted molar refractivity (Wildman–Crippen MR) is 145 cm³/mol. The summed E-state index contributed by atoms with van der Waals surface area (Å²) in [7, 11) is 0. The molecule has 0 saturated heterocycles. The number of aliphatic carboxylic acids is 2. The number of nitrogens with one attached hydrogen (secondary N) is 5. The van der Waals surface area contributed by atoms with Crippen molar-refractivity contribution in [3.05, 3.63) is 40.2 Å². The first-order valence-corrected chi connectivity index (χ1v) is 12.0. The predicted octanol–water partition coefficient (Wildman–Crippen LogP) is 0.140. The number of anilines is 4. The lowest BCUT2D eigenvalue weighted by Gasteiger charge is -2.27. The van der Waals surface area contributed by atoms with Gasteiger partial charge in [-0.1, -0.05) is 0 Å². The zero-order valence-corrected chi connectivity index (χ0v) is 21.7. The molecule has 2 heterocycles. The third kappa shape index (κ3) is 10.4. The number of nitrogens with two attached hydrogens (primary N) is 1. The summed E-state index contributed by atoms with van der Waals surface area (Å²) in [5, 5.41) is 29.1. The van der Waals surface area contributed by atoms with Crippen LogP contribution in [0.3, 0.4) is 0 Å². The summed E-state index contributed by atoms with van der Waals surface area (Å²) < 4.78 is 0. The fourth-order valence-electron chi connectivity index (χ4n) is 3.31. The summed E-state index contributed by atoms with van der Waals surface area (Å²) in [6, 6.07) is 4.93. The maximum atomic E-state index is 12.3. The van der Waals surface area contributed by atoms with Gasteiger partial charge in [0, 0.05) is 30.8 Å². The van der Waals surface area contributed by atoms with Crippen molar-refractivity contribution in [3.8, 4) is 0 Å². The molecule has 1 amide bonds. The zero-order chi connectivity index (χ0) is 29.1. The van der Waals surface area contributed by atoms with Gasteiger partial charge < -0.3 is 37.2 Å². The molecule has 0 saturated carbocycles. The second-order valence-electron chi connectivity index (χ2n) is 8.42. The van der Waals surface area contributed by atoms with Crippen LogP contribution in [0.1, 0.15) is 36.5 Å². The number of hydrogen-bond acceptors (Lipinski definition) is 11. The van der Waals surface area contributed by atoms with Gasteiger partial charge >= 0.3 is 11.9 Å². The third-order valence-corrected chi connectivity index (χ3v) is 5.31. The molecule has 2 atom stereocenters. The number of carbonyl (C=O) groups excluding carboxylic acids is 3. The van der Waals surface area contributed by atoms with Crippen LogP contribution in [0.2, 0.25) is 0 Å². The first-order valence-electron chi connectivity index (χ1n) is 11.6. The Morgan fingerprint density at radius 2 is 1.85 bits per heavy atom. The molecule has 9 N–H and O–H groups in total. The van der Waals surface area contributed by atoms with E-state index in [4.69, 9.17) is 15.9 Å². The van der Waals surface area contributed by atoms with E-state index in [1.165, 1.54) is 19.1 Å². The minimum atomic E-state index is -1.30. The Balaban J connectivity index is 0.000000673.